The smallest absolute Gasteiger partial charge is 0.263 e. The molecule has 0 radical (unpaired) electrons. The van der Waals surface area contributed by atoms with Crippen molar-refractivity contribution in [1.82, 2.24) is 5.01 Å². The topological polar surface area (TPSA) is 94.4 Å². The number of fused-ring (bicyclic) bond motifs is 1. The van der Waals surface area contributed by atoms with E-state index in [0.717, 1.165) is 9.37 Å². The molecule has 0 aromatic heterocycles. The summed E-state index contributed by atoms with van der Waals surface area (Å²) < 4.78 is 0.896. The van der Waals surface area contributed by atoms with Crippen molar-refractivity contribution in [1.29, 1.82) is 0 Å². The van der Waals surface area contributed by atoms with Gasteiger partial charge >= 0.3 is 0 Å². The molecule has 2 aromatic carbocycles. The zero-order valence-corrected chi connectivity index (χ0v) is 15.5. The number of imide groups is 1. The lowest BCUT2D eigenvalue weighted by molar-refractivity contribution is -0.123. The minimum atomic E-state index is -0.918. The fourth-order valence-corrected chi connectivity index (χ4v) is 3.33. The third-order valence-electron chi connectivity index (χ3n) is 4.31. The Kier molecular flexibility index (Phi) is 4.44. The highest BCUT2D eigenvalue weighted by Gasteiger charge is 2.55. The van der Waals surface area contributed by atoms with Crippen LogP contribution in [0.15, 0.2) is 69.4 Å². The summed E-state index contributed by atoms with van der Waals surface area (Å²) in [6.07, 6.45) is 0. The van der Waals surface area contributed by atoms with Crippen LogP contribution in [0.5, 0.6) is 0 Å². The summed E-state index contributed by atoms with van der Waals surface area (Å²) in [5.41, 5.74) is 1.10. The summed E-state index contributed by atoms with van der Waals surface area (Å²) in [6.45, 7) is -0.178. The second-order valence-electron chi connectivity index (χ2n) is 6.09. The van der Waals surface area contributed by atoms with Gasteiger partial charge in [-0.25, -0.2) is 4.90 Å². The van der Waals surface area contributed by atoms with Crippen molar-refractivity contribution in [3.05, 3.63) is 59.1 Å². The van der Waals surface area contributed by atoms with Crippen LogP contribution in [0, 0.1) is 0 Å². The normalized spacial score (nSPS) is 20.9. The Bertz CT molecular complexity index is 932. The predicted molar refractivity (Wildman–Crippen MR) is 101 cm³/mol. The monoisotopic (exact) mass is 427 g/mol. The van der Waals surface area contributed by atoms with E-state index < -0.39 is 23.9 Å². The Morgan fingerprint density at radius 2 is 1.74 bits per heavy atom. The third-order valence-corrected chi connectivity index (χ3v) is 4.83. The molecule has 0 spiro atoms. The molecule has 2 heterocycles. The first-order valence-electron chi connectivity index (χ1n) is 8.20. The van der Waals surface area contributed by atoms with Crippen LogP contribution in [0.2, 0.25) is 0 Å². The molecule has 4 rings (SSSR count). The number of rotatable bonds is 4. The zero-order valence-electron chi connectivity index (χ0n) is 13.9. The van der Waals surface area contributed by atoms with Gasteiger partial charge in [0, 0.05) is 10.2 Å². The standard InChI is InChI=1S/C18H14BrN5O3/c19-11-6-8-12(9-7-11)20-14(25)10-23-16-15(21-22-23)17(26)24(18(16)27)13-4-2-1-3-5-13/h1-9,15-16H,10H2,(H,20,25). The van der Waals surface area contributed by atoms with Gasteiger partial charge in [0.05, 0.1) is 5.69 Å². The highest BCUT2D eigenvalue weighted by atomic mass is 79.9. The van der Waals surface area contributed by atoms with Gasteiger partial charge in [0.15, 0.2) is 12.1 Å². The maximum atomic E-state index is 12.8. The number of hydrogen-bond donors (Lipinski definition) is 1. The summed E-state index contributed by atoms with van der Waals surface area (Å²) >= 11 is 3.33. The van der Waals surface area contributed by atoms with Crippen LogP contribution in [0.4, 0.5) is 11.4 Å². The SMILES string of the molecule is O=C(CN1N=NC2C(=O)N(c3ccccc3)C(=O)C21)Nc1ccc(Br)cc1. The van der Waals surface area contributed by atoms with E-state index in [1.165, 1.54) is 5.01 Å². The maximum Gasteiger partial charge on any atom is 0.263 e. The van der Waals surface area contributed by atoms with Crippen LogP contribution in [0.1, 0.15) is 0 Å². The van der Waals surface area contributed by atoms with E-state index in [2.05, 4.69) is 31.6 Å². The molecule has 2 atom stereocenters. The van der Waals surface area contributed by atoms with Crippen LogP contribution in [-0.4, -0.2) is 41.4 Å². The van der Waals surface area contributed by atoms with E-state index in [1.54, 1.807) is 54.6 Å². The number of nitrogens with one attached hydrogen (secondary N) is 1. The van der Waals surface area contributed by atoms with Crippen LogP contribution < -0.4 is 10.2 Å². The quantitative estimate of drug-likeness (QED) is 0.757. The molecule has 2 aliphatic heterocycles. The number of anilines is 2. The highest BCUT2D eigenvalue weighted by molar-refractivity contribution is 9.10. The second kappa shape index (κ2) is 6.92. The Labute approximate surface area is 163 Å². The lowest BCUT2D eigenvalue weighted by Gasteiger charge is -2.20. The van der Waals surface area contributed by atoms with Gasteiger partial charge in [-0.05, 0) is 36.4 Å². The molecule has 0 aliphatic carbocycles. The summed E-state index contributed by atoms with van der Waals surface area (Å²) in [4.78, 5) is 38.8. The molecular formula is C18H14BrN5O3. The molecule has 1 saturated heterocycles. The van der Waals surface area contributed by atoms with Gasteiger partial charge < -0.3 is 5.32 Å². The van der Waals surface area contributed by atoms with Crippen molar-refractivity contribution in [3.8, 4) is 0 Å². The van der Waals surface area contributed by atoms with Crippen LogP contribution in [-0.2, 0) is 14.4 Å². The molecule has 3 amide bonds. The summed E-state index contributed by atoms with van der Waals surface area (Å²) in [6, 6.07) is 13.9. The number of nitrogens with zero attached hydrogens (tertiary/aromatic N) is 4. The molecule has 8 nitrogen and oxygen atoms in total. The Hall–Kier alpha value is -3.07. The van der Waals surface area contributed by atoms with Gasteiger partial charge in [-0.3, -0.25) is 19.4 Å². The van der Waals surface area contributed by atoms with Crippen molar-refractivity contribution in [2.75, 3.05) is 16.8 Å². The molecular weight excluding hydrogens is 414 g/mol. The van der Waals surface area contributed by atoms with E-state index in [4.69, 9.17) is 0 Å². The number of para-hydroxylation sites is 1. The first kappa shape index (κ1) is 17.3. The predicted octanol–water partition coefficient (Wildman–Crippen LogP) is 2.38. The second-order valence-corrected chi connectivity index (χ2v) is 7.01. The van der Waals surface area contributed by atoms with E-state index in [1.807, 2.05) is 0 Å². The fraction of sp³-hybridized carbons (Fsp3) is 0.167. The molecule has 27 heavy (non-hydrogen) atoms. The van der Waals surface area contributed by atoms with Gasteiger partial charge in [-0.15, -0.1) is 0 Å². The third kappa shape index (κ3) is 3.21. The molecule has 9 heteroatoms. The minimum absolute atomic E-state index is 0.178. The van der Waals surface area contributed by atoms with Crippen LogP contribution in [0.3, 0.4) is 0 Å². The first-order valence-corrected chi connectivity index (χ1v) is 8.99. The van der Waals surface area contributed by atoms with Gasteiger partial charge in [0.2, 0.25) is 5.91 Å². The lowest BCUT2D eigenvalue weighted by Crippen LogP contribution is -2.43. The average Bonchev–Trinajstić information content (AvgIpc) is 3.18. The Balaban J connectivity index is 1.47. The summed E-state index contributed by atoms with van der Waals surface area (Å²) in [5.74, 6) is -1.22. The van der Waals surface area contributed by atoms with Gasteiger partial charge in [0.25, 0.3) is 11.8 Å². The fourth-order valence-electron chi connectivity index (χ4n) is 3.07. The number of amides is 3. The van der Waals surface area contributed by atoms with Crippen molar-refractivity contribution >= 4 is 45.0 Å². The van der Waals surface area contributed by atoms with Crippen molar-refractivity contribution in [2.24, 2.45) is 10.3 Å². The van der Waals surface area contributed by atoms with E-state index in [-0.39, 0.29) is 12.5 Å². The number of carbonyl (C=O) groups excluding carboxylic acids is 3. The summed E-state index contributed by atoms with van der Waals surface area (Å²) in [5, 5.41) is 11.8. The van der Waals surface area contributed by atoms with Crippen molar-refractivity contribution in [3.63, 3.8) is 0 Å². The first-order chi connectivity index (χ1) is 13.0. The molecule has 2 unspecified atom stereocenters. The average molecular weight is 428 g/mol. The van der Waals surface area contributed by atoms with Crippen molar-refractivity contribution in [2.45, 2.75) is 12.1 Å². The Morgan fingerprint density at radius 1 is 1.04 bits per heavy atom. The van der Waals surface area contributed by atoms with E-state index in [0.29, 0.717) is 11.4 Å². The molecule has 1 fully saturated rings. The van der Waals surface area contributed by atoms with E-state index in [9.17, 15) is 14.4 Å². The van der Waals surface area contributed by atoms with Gasteiger partial charge in [0.1, 0.15) is 6.54 Å². The van der Waals surface area contributed by atoms with Crippen LogP contribution in [0.25, 0.3) is 0 Å². The minimum Gasteiger partial charge on any atom is -0.324 e. The molecule has 2 aliphatic rings. The highest BCUT2D eigenvalue weighted by Crippen LogP contribution is 2.31. The number of halogens is 1. The summed E-state index contributed by atoms with van der Waals surface area (Å²) in [7, 11) is 0. The van der Waals surface area contributed by atoms with Crippen LogP contribution >= 0.6 is 15.9 Å². The number of benzene rings is 2. The molecule has 0 bridgehead atoms. The number of carbonyl (C=O) groups is 3. The van der Waals surface area contributed by atoms with Crippen molar-refractivity contribution < 1.29 is 14.4 Å². The van der Waals surface area contributed by atoms with E-state index >= 15 is 0 Å². The maximum absolute atomic E-state index is 12.8. The van der Waals surface area contributed by atoms with Gasteiger partial charge in [-0.2, -0.15) is 5.11 Å². The lowest BCUT2D eigenvalue weighted by atomic mass is 10.1. The zero-order chi connectivity index (χ0) is 19.0. The van der Waals surface area contributed by atoms with Gasteiger partial charge in [-0.1, -0.05) is 39.4 Å². The molecule has 2 aromatic rings. The largest absolute Gasteiger partial charge is 0.324 e. The molecule has 136 valence electrons. The molecule has 1 N–H and O–H groups in total. The number of hydrogen-bond acceptors (Lipinski definition) is 6. The Morgan fingerprint density at radius 3 is 2.44 bits per heavy atom. The molecule has 0 saturated carbocycles.